The maximum atomic E-state index is 11.9. The van der Waals surface area contributed by atoms with Crippen LogP contribution in [0.15, 0.2) is 48.5 Å². The van der Waals surface area contributed by atoms with Crippen LogP contribution in [0.4, 0.5) is 0 Å². The summed E-state index contributed by atoms with van der Waals surface area (Å²) in [5.41, 5.74) is 0.482. The van der Waals surface area contributed by atoms with Crippen molar-refractivity contribution in [2.24, 2.45) is 0 Å². The average molecular weight is 378 g/mol. The van der Waals surface area contributed by atoms with Gasteiger partial charge in [0.25, 0.3) is 5.91 Å². The standard InChI is InChI=1S/C19H20ClNO5/c1-24-16-6-8-17(9-7-16)25-12-13-26-18(22)10-11-21-19(23)14-2-4-15(20)5-3-14/h2-9H,10-13H2,1H3,(H,21,23). The van der Waals surface area contributed by atoms with E-state index in [1.165, 1.54) is 0 Å². The first kappa shape index (κ1) is 19.6. The maximum absolute atomic E-state index is 11.9. The summed E-state index contributed by atoms with van der Waals surface area (Å²) in [5, 5.41) is 3.21. The van der Waals surface area contributed by atoms with Gasteiger partial charge in [-0.25, -0.2) is 0 Å². The van der Waals surface area contributed by atoms with Crippen LogP contribution in [0, 0.1) is 0 Å². The molecular weight excluding hydrogens is 358 g/mol. The summed E-state index contributed by atoms with van der Waals surface area (Å²) in [7, 11) is 1.59. The van der Waals surface area contributed by atoms with E-state index in [1.807, 2.05) is 0 Å². The highest BCUT2D eigenvalue weighted by molar-refractivity contribution is 6.30. The lowest BCUT2D eigenvalue weighted by Gasteiger charge is -2.08. The summed E-state index contributed by atoms with van der Waals surface area (Å²) in [6, 6.07) is 13.6. The van der Waals surface area contributed by atoms with Gasteiger partial charge < -0.3 is 19.5 Å². The molecule has 0 heterocycles. The highest BCUT2D eigenvalue weighted by atomic mass is 35.5. The molecule has 2 aromatic carbocycles. The van der Waals surface area contributed by atoms with Crippen LogP contribution in [0.1, 0.15) is 16.8 Å². The van der Waals surface area contributed by atoms with Crippen LogP contribution in [0.3, 0.4) is 0 Å². The molecular formula is C19H20ClNO5. The summed E-state index contributed by atoms with van der Waals surface area (Å²) < 4.78 is 15.6. The number of nitrogens with one attached hydrogen (secondary N) is 1. The lowest BCUT2D eigenvalue weighted by molar-refractivity contribution is -0.144. The van der Waals surface area contributed by atoms with E-state index in [0.29, 0.717) is 16.3 Å². The SMILES string of the molecule is COc1ccc(OCCOC(=O)CCNC(=O)c2ccc(Cl)cc2)cc1. The minimum Gasteiger partial charge on any atom is -0.497 e. The number of carbonyl (C=O) groups is 2. The van der Waals surface area contributed by atoms with Crippen molar-refractivity contribution in [1.29, 1.82) is 0 Å². The predicted molar refractivity (Wildman–Crippen MR) is 97.9 cm³/mol. The molecule has 2 aromatic rings. The van der Waals surface area contributed by atoms with Gasteiger partial charge in [0, 0.05) is 17.1 Å². The molecule has 0 aromatic heterocycles. The molecule has 26 heavy (non-hydrogen) atoms. The quantitative estimate of drug-likeness (QED) is 0.537. The first-order valence-corrected chi connectivity index (χ1v) is 8.42. The molecule has 0 saturated heterocycles. The van der Waals surface area contributed by atoms with Gasteiger partial charge in [-0.15, -0.1) is 0 Å². The predicted octanol–water partition coefficient (Wildman–Crippen LogP) is 3.09. The minimum atomic E-state index is -0.403. The number of benzene rings is 2. The van der Waals surface area contributed by atoms with Crippen molar-refractivity contribution in [2.75, 3.05) is 26.9 Å². The number of hydrogen-bond donors (Lipinski definition) is 1. The first-order chi connectivity index (χ1) is 12.6. The highest BCUT2D eigenvalue weighted by Gasteiger charge is 2.07. The Morgan fingerprint density at radius 2 is 1.62 bits per heavy atom. The van der Waals surface area contributed by atoms with E-state index in [0.717, 1.165) is 5.75 Å². The Balaban J connectivity index is 1.58. The Hall–Kier alpha value is -2.73. The fourth-order valence-corrected chi connectivity index (χ4v) is 2.17. The van der Waals surface area contributed by atoms with Gasteiger partial charge in [-0.3, -0.25) is 9.59 Å². The van der Waals surface area contributed by atoms with Crippen molar-refractivity contribution in [2.45, 2.75) is 6.42 Å². The molecule has 1 N–H and O–H groups in total. The van der Waals surface area contributed by atoms with Gasteiger partial charge in [0.05, 0.1) is 13.5 Å². The molecule has 0 aliphatic rings. The van der Waals surface area contributed by atoms with Gasteiger partial charge in [0.1, 0.15) is 24.7 Å². The molecule has 7 heteroatoms. The molecule has 0 spiro atoms. The Bertz CT molecular complexity index is 716. The molecule has 0 radical (unpaired) electrons. The number of halogens is 1. The summed E-state index contributed by atoms with van der Waals surface area (Å²) in [6.45, 7) is 0.574. The lowest BCUT2D eigenvalue weighted by atomic mass is 10.2. The van der Waals surface area contributed by atoms with Gasteiger partial charge in [-0.05, 0) is 48.5 Å². The number of esters is 1. The zero-order valence-corrected chi connectivity index (χ0v) is 15.1. The normalized spacial score (nSPS) is 10.1. The topological polar surface area (TPSA) is 73.9 Å². The molecule has 0 saturated carbocycles. The number of rotatable bonds is 9. The molecule has 6 nitrogen and oxygen atoms in total. The van der Waals surface area contributed by atoms with E-state index >= 15 is 0 Å². The fraction of sp³-hybridized carbons (Fsp3) is 0.263. The van der Waals surface area contributed by atoms with Crippen LogP contribution < -0.4 is 14.8 Å². The van der Waals surface area contributed by atoms with Crippen LogP contribution in [0.5, 0.6) is 11.5 Å². The summed E-state index contributed by atoms with van der Waals surface area (Å²) in [4.78, 5) is 23.5. The molecule has 0 aliphatic carbocycles. The summed E-state index contributed by atoms with van der Waals surface area (Å²) in [5.74, 6) is 0.735. The van der Waals surface area contributed by atoms with Crippen molar-refractivity contribution in [3.05, 3.63) is 59.1 Å². The highest BCUT2D eigenvalue weighted by Crippen LogP contribution is 2.16. The van der Waals surface area contributed by atoms with Crippen LogP contribution in [-0.4, -0.2) is 38.7 Å². The second kappa shape index (κ2) is 10.3. The lowest BCUT2D eigenvalue weighted by Crippen LogP contribution is -2.26. The van der Waals surface area contributed by atoms with E-state index in [4.69, 9.17) is 25.8 Å². The molecule has 0 aliphatic heterocycles. The van der Waals surface area contributed by atoms with E-state index < -0.39 is 5.97 Å². The average Bonchev–Trinajstić information content (AvgIpc) is 2.66. The second-order valence-electron chi connectivity index (χ2n) is 5.26. The van der Waals surface area contributed by atoms with E-state index in [9.17, 15) is 9.59 Å². The van der Waals surface area contributed by atoms with Gasteiger partial charge in [-0.2, -0.15) is 0 Å². The number of hydrogen-bond acceptors (Lipinski definition) is 5. The third kappa shape index (κ3) is 6.64. The maximum Gasteiger partial charge on any atom is 0.307 e. The molecule has 1 amide bonds. The van der Waals surface area contributed by atoms with Crippen molar-refractivity contribution < 1.29 is 23.8 Å². The number of methoxy groups -OCH3 is 1. The van der Waals surface area contributed by atoms with Gasteiger partial charge in [-0.1, -0.05) is 11.6 Å². The number of amides is 1. The monoisotopic (exact) mass is 377 g/mol. The largest absolute Gasteiger partial charge is 0.497 e. The van der Waals surface area contributed by atoms with Crippen molar-refractivity contribution in [3.8, 4) is 11.5 Å². The van der Waals surface area contributed by atoms with Crippen LogP contribution >= 0.6 is 11.6 Å². The number of ether oxygens (including phenoxy) is 3. The zero-order chi connectivity index (χ0) is 18.8. The Morgan fingerprint density at radius 1 is 0.962 bits per heavy atom. The number of carbonyl (C=O) groups excluding carboxylic acids is 2. The van der Waals surface area contributed by atoms with Crippen LogP contribution in [0.25, 0.3) is 0 Å². The van der Waals surface area contributed by atoms with Gasteiger partial charge in [0.15, 0.2) is 0 Å². The molecule has 2 rings (SSSR count). The summed E-state index contributed by atoms with van der Waals surface area (Å²) in [6.07, 6.45) is 0.0852. The van der Waals surface area contributed by atoms with Crippen molar-refractivity contribution in [1.82, 2.24) is 5.32 Å². The Labute approximate surface area is 157 Å². The van der Waals surface area contributed by atoms with Crippen molar-refractivity contribution >= 4 is 23.5 Å². The molecule has 0 fully saturated rings. The molecule has 138 valence electrons. The van der Waals surface area contributed by atoms with E-state index in [-0.39, 0.29) is 32.1 Å². The molecule has 0 atom stereocenters. The van der Waals surface area contributed by atoms with Gasteiger partial charge in [0.2, 0.25) is 0 Å². The Kier molecular flexibility index (Phi) is 7.76. The molecule has 0 bridgehead atoms. The van der Waals surface area contributed by atoms with E-state index in [1.54, 1.807) is 55.6 Å². The van der Waals surface area contributed by atoms with E-state index in [2.05, 4.69) is 5.32 Å². The zero-order valence-electron chi connectivity index (χ0n) is 14.4. The third-order valence-electron chi connectivity index (χ3n) is 3.40. The first-order valence-electron chi connectivity index (χ1n) is 8.05. The van der Waals surface area contributed by atoms with Crippen LogP contribution in [0.2, 0.25) is 5.02 Å². The minimum absolute atomic E-state index is 0.0852. The summed E-state index contributed by atoms with van der Waals surface area (Å²) >= 11 is 5.77. The van der Waals surface area contributed by atoms with Crippen LogP contribution in [-0.2, 0) is 9.53 Å². The molecule has 0 unspecified atom stereocenters. The second-order valence-corrected chi connectivity index (χ2v) is 5.69. The van der Waals surface area contributed by atoms with Crippen molar-refractivity contribution in [3.63, 3.8) is 0 Å². The third-order valence-corrected chi connectivity index (χ3v) is 3.65. The smallest absolute Gasteiger partial charge is 0.307 e. The Morgan fingerprint density at radius 3 is 2.27 bits per heavy atom. The van der Waals surface area contributed by atoms with Gasteiger partial charge >= 0.3 is 5.97 Å². The fourth-order valence-electron chi connectivity index (χ4n) is 2.04.